The Kier molecular flexibility index (Phi) is 8.58. The van der Waals surface area contributed by atoms with Gasteiger partial charge in [0.25, 0.3) is 0 Å². The van der Waals surface area contributed by atoms with E-state index in [-0.39, 0.29) is 44.1 Å². The Bertz CT molecular complexity index is 986. The first kappa shape index (κ1) is 24.8. The summed E-state index contributed by atoms with van der Waals surface area (Å²) in [6.07, 6.45) is -3.73. The molecule has 2 rings (SSSR count). The fourth-order valence-corrected chi connectivity index (χ4v) is 3.90. The number of hydrogen-bond donors (Lipinski definition) is 1. The van der Waals surface area contributed by atoms with E-state index in [1.165, 1.54) is 6.07 Å². The van der Waals surface area contributed by atoms with Crippen molar-refractivity contribution in [3.63, 3.8) is 0 Å². The van der Waals surface area contributed by atoms with Crippen LogP contribution in [0.25, 0.3) is 0 Å². The molecule has 0 aliphatic heterocycles. The van der Waals surface area contributed by atoms with E-state index in [0.29, 0.717) is 11.8 Å². The van der Waals surface area contributed by atoms with Crippen LogP contribution in [-0.2, 0) is 21.0 Å². The Morgan fingerprint density at radius 2 is 1.84 bits per heavy atom. The van der Waals surface area contributed by atoms with Crippen LogP contribution in [0, 0.1) is 0 Å². The van der Waals surface area contributed by atoms with Crippen LogP contribution in [-0.4, -0.2) is 40.3 Å². The molecule has 0 radical (unpaired) electrons. The molecule has 6 nitrogen and oxygen atoms in total. The van der Waals surface area contributed by atoms with Crippen molar-refractivity contribution in [3.8, 4) is 5.75 Å². The summed E-state index contributed by atoms with van der Waals surface area (Å²) in [4.78, 5) is 12.0. The second kappa shape index (κ2) is 10.7. The Morgan fingerprint density at radius 1 is 1.16 bits per heavy atom. The summed E-state index contributed by atoms with van der Waals surface area (Å²) >= 11 is 5.59. The largest absolute Gasteiger partial charge is 0.492 e. The van der Waals surface area contributed by atoms with Gasteiger partial charge in [-0.25, -0.2) is 8.42 Å². The molecule has 11 heteroatoms. The zero-order valence-corrected chi connectivity index (χ0v) is 18.2. The lowest BCUT2D eigenvalue weighted by atomic mass is 10.2. The minimum atomic E-state index is -4.72. The van der Waals surface area contributed by atoms with Crippen LogP contribution in [0.3, 0.4) is 0 Å². The lowest BCUT2D eigenvalue weighted by molar-refractivity contribution is -0.137. The third-order valence-corrected chi connectivity index (χ3v) is 5.67. The average molecular weight is 479 g/mol. The maximum atomic E-state index is 13.1. The summed E-state index contributed by atoms with van der Waals surface area (Å²) in [5.74, 6) is 0.346. The van der Waals surface area contributed by atoms with Gasteiger partial charge in [-0.3, -0.25) is 9.10 Å². The molecule has 0 bridgehead atoms. The molecule has 0 atom stereocenters. The van der Waals surface area contributed by atoms with E-state index >= 15 is 0 Å². The number of anilines is 1. The van der Waals surface area contributed by atoms with Gasteiger partial charge < -0.3 is 10.1 Å². The molecule has 2 aromatic rings. The number of hydrogen-bond acceptors (Lipinski definition) is 4. The smallest absolute Gasteiger partial charge is 0.417 e. The normalized spacial score (nSPS) is 11.8. The van der Waals surface area contributed by atoms with E-state index in [1.807, 2.05) is 18.2 Å². The SMILES string of the molecule is CS(=O)(=O)N(CCCC(=O)NCCOc1ccccc1)c1ccc(Cl)c(C(F)(F)F)c1. The summed E-state index contributed by atoms with van der Waals surface area (Å²) in [5, 5.41) is 2.12. The average Bonchev–Trinajstić information content (AvgIpc) is 2.68. The highest BCUT2D eigenvalue weighted by molar-refractivity contribution is 7.92. The standard InChI is InChI=1S/C20H22ClF3N2O4S/c1-31(28,29)26(15-9-10-18(21)17(14-15)20(22,23)24)12-5-8-19(27)25-11-13-30-16-6-3-2-4-7-16/h2-4,6-7,9-10,14H,5,8,11-13H2,1H3,(H,25,27). The lowest BCUT2D eigenvalue weighted by Crippen LogP contribution is -2.33. The van der Waals surface area contributed by atoms with Gasteiger partial charge in [-0.15, -0.1) is 0 Å². The quantitative estimate of drug-likeness (QED) is 0.522. The van der Waals surface area contributed by atoms with Crippen molar-refractivity contribution >= 4 is 33.2 Å². The predicted molar refractivity (Wildman–Crippen MR) is 113 cm³/mol. The molecule has 1 amide bonds. The minimum Gasteiger partial charge on any atom is -0.492 e. The molecular formula is C20H22ClF3N2O4S. The minimum absolute atomic E-state index is 0.00290. The number of nitrogens with zero attached hydrogens (tertiary/aromatic N) is 1. The van der Waals surface area contributed by atoms with Crippen molar-refractivity contribution in [1.29, 1.82) is 0 Å². The van der Waals surface area contributed by atoms with Crippen LogP contribution in [0.5, 0.6) is 5.75 Å². The number of para-hydroxylation sites is 1. The molecule has 31 heavy (non-hydrogen) atoms. The van der Waals surface area contributed by atoms with E-state index in [2.05, 4.69) is 5.32 Å². The van der Waals surface area contributed by atoms with Gasteiger partial charge in [-0.1, -0.05) is 29.8 Å². The van der Waals surface area contributed by atoms with Gasteiger partial charge in [0.1, 0.15) is 12.4 Å². The van der Waals surface area contributed by atoms with Crippen LogP contribution in [0.15, 0.2) is 48.5 Å². The molecule has 2 aromatic carbocycles. The number of halogens is 4. The van der Waals surface area contributed by atoms with Crippen molar-refractivity contribution < 1.29 is 31.1 Å². The Morgan fingerprint density at radius 3 is 2.45 bits per heavy atom. The van der Waals surface area contributed by atoms with Gasteiger partial charge in [0.15, 0.2) is 0 Å². The number of ether oxygens (including phenoxy) is 1. The highest BCUT2D eigenvalue weighted by Crippen LogP contribution is 2.37. The van der Waals surface area contributed by atoms with E-state index in [0.717, 1.165) is 16.6 Å². The van der Waals surface area contributed by atoms with E-state index in [1.54, 1.807) is 12.1 Å². The second-order valence-electron chi connectivity index (χ2n) is 6.61. The molecule has 0 aliphatic rings. The van der Waals surface area contributed by atoms with Gasteiger partial charge >= 0.3 is 6.18 Å². The van der Waals surface area contributed by atoms with E-state index in [4.69, 9.17) is 16.3 Å². The number of carbonyl (C=O) groups is 1. The maximum absolute atomic E-state index is 13.1. The van der Waals surface area contributed by atoms with Gasteiger partial charge in [0, 0.05) is 13.0 Å². The zero-order chi connectivity index (χ0) is 23.1. The van der Waals surface area contributed by atoms with E-state index in [9.17, 15) is 26.4 Å². The highest BCUT2D eigenvalue weighted by Gasteiger charge is 2.34. The number of rotatable bonds is 10. The number of benzene rings is 2. The highest BCUT2D eigenvalue weighted by atomic mass is 35.5. The summed E-state index contributed by atoms with van der Waals surface area (Å²) in [5.41, 5.74) is -1.30. The third kappa shape index (κ3) is 7.95. The number of carbonyl (C=O) groups excluding carboxylic acids is 1. The third-order valence-electron chi connectivity index (χ3n) is 4.14. The van der Waals surface area contributed by atoms with Crippen molar-refractivity contribution in [2.45, 2.75) is 19.0 Å². The van der Waals surface area contributed by atoms with Crippen molar-refractivity contribution in [3.05, 3.63) is 59.1 Å². The molecular weight excluding hydrogens is 457 g/mol. The molecule has 0 aromatic heterocycles. The number of alkyl halides is 3. The Hall–Kier alpha value is -2.46. The van der Waals surface area contributed by atoms with Crippen molar-refractivity contribution in [1.82, 2.24) is 5.32 Å². The first-order valence-electron chi connectivity index (χ1n) is 9.27. The molecule has 170 valence electrons. The fourth-order valence-electron chi connectivity index (χ4n) is 2.72. The summed E-state index contributed by atoms with van der Waals surface area (Å²) < 4.78 is 69.7. The summed E-state index contributed by atoms with van der Waals surface area (Å²) in [7, 11) is -3.87. The van der Waals surface area contributed by atoms with Crippen LogP contribution in [0.4, 0.5) is 18.9 Å². The Labute approximate surface area is 184 Å². The first-order valence-corrected chi connectivity index (χ1v) is 11.5. The monoisotopic (exact) mass is 478 g/mol. The molecule has 0 heterocycles. The molecule has 0 aliphatic carbocycles. The summed E-state index contributed by atoms with van der Waals surface area (Å²) in [6.45, 7) is 0.359. The van der Waals surface area contributed by atoms with Gasteiger partial charge in [-0.2, -0.15) is 13.2 Å². The predicted octanol–water partition coefficient (Wildman–Crippen LogP) is 4.10. The number of nitrogens with one attached hydrogen (secondary N) is 1. The molecule has 1 N–H and O–H groups in total. The topological polar surface area (TPSA) is 75.7 Å². The van der Waals surface area contributed by atoms with Crippen LogP contribution >= 0.6 is 11.6 Å². The van der Waals surface area contributed by atoms with Crippen molar-refractivity contribution in [2.75, 3.05) is 30.3 Å². The molecule has 0 fully saturated rings. The second-order valence-corrected chi connectivity index (χ2v) is 8.93. The number of sulfonamides is 1. The fraction of sp³-hybridized carbons (Fsp3) is 0.350. The zero-order valence-electron chi connectivity index (χ0n) is 16.7. The van der Waals surface area contributed by atoms with Gasteiger partial charge in [-0.05, 0) is 36.8 Å². The van der Waals surface area contributed by atoms with Crippen molar-refractivity contribution in [2.24, 2.45) is 0 Å². The molecule has 0 unspecified atom stereocenters. The molecule has 0 spiro atoms. The van der Waals surface area contributed by atoms with E-state index < -0.39 is 26.8 Å². The first-order chi connectivity index (χ1) is 14.5. The van der Waals surface area contributed by atoms with Gasteiger partial charge in [0.05, 0.1) is 29.1 Å². The molecule has 0 saturated carbocycles. The Balaban J connectivity index is 1.89. The molecule has 0 saturated heterocycles. The van der Waals surface area contributed by atoms with Crippen LogP contribution in [0.2, 0.25) is 5.02 Å². The van der Waals surface area contributed by atoms with Crippen LogP contribution in [0.1, 0.15) is 18.4 Å². The van der Waals surface area contributed by atoms with Crippen LogP contribution < -0.4 is 14.4 Å². The number of amides is 1. The summed E-state index contributed by atoms with van der Waals surface area (Å²) in [6, 6.07) is 11.9. The lowest BCUT2D eigenvalue weighted by Gasteiger charge is -2.23. The van der Waals surface area contributed by atoms with Gasteiger partial charge in [0.2, 0.25) is 15.9 Å². The maximum Gasteiger partial charge on any atom is 0.417 e.